The molecule has 6 nitrogen and oxygen atoms in total. The third-order valence-electron chi connectivity index (χ3n) is 3.79. The Labute approximate surface area is 174 Å². The fourth-order valence-electron chi connectivity index (χ4n) is 2.56. The molecule has 1 amide bonds. The van der Waals surface area contributed by atoms with Crippen molar-refractivity contribution >= 4 is 35.0 Å². The van der Waals surface area contributed by atoms with Gasteiger partial charge in [-0.15, -0.1) is 0 Å². The SMILES string of the molecule is CCOC(=O)CN(C(=O)OC(C)(C)C)c1ccc(-c2cc(Cl)cc(F)c2N)cc1. The highest BCUT2D eigenvalue weighted by Crippen LogP contribution is 2.32. The molecule has 0 spiro atoms. The van der Waals surface area contributed by atoms with Gasteiger partial charge >= 0.3 is 12.1 Å². The molecule has 2 aromatic carbocycles. The molecule has 0 fully saturated rings. The first kappa shape index (κ1) is 22.5. The molecule has 0 aliphatic rings. The van der Waals surface area contributed by atoms with Crippen molar-refractivity contribution in [2.45, 2.75) is 33.3 Å². The van der Waals surface area contributed by atoms with E-state index in [-0.39, 0.29) is 23.9 Å². The van der Waals surface area contributed by atoms with Gasteiger partial charge in [-0.1, -0.05) is 23.7 Å². The molecule has 0 aromatic heterocycles. The minimum atomic E-state index is -0.739. The molecule has 2 rings (SSSR count). The van der Waals surface area contributed by atoms with E-state index < -0.39 is 23.5 Å². The Morgan fingerprint density at radius 3 is 2.34 bits per heavy atom. The number of rotatable bonds is 5. The van der Waals surface area contributed by atoms with E-state index in [4.69, 9.17) is 26.8 Å². The van der Waals surface area contributed by atoms with Crippen LogP contribution in [0.4, 0.5) is 20.6 Å². The summed E-state index contributed by atoms with van der Waals surface area (Å²) in [4.78, 5) is 25.7. The molecule has 0 unspecified atom stereocenters. The number of anilines is 2. The summed E-state index contributed by atoms with van der Waals surface area (Å²) in [7, 11) is 0. The second-order valence-corrected chi connectivity index (χ2v) is 7.70. The molecule has 29 heavy (non-hydrogen) atoms. The van der Waals surface area contributed by atoms with Gasteiger partial charge in [0.1, 0.15) is 18.0 Å². The number of ether oxygens (including phenoxy) is 2. The molecule has 0 aliphatic heterocycles. The van der Waals surface area contributed by atoms with Crippen LogP contribution in [0.1, 0.15) is 27.7 Å². The van der Waals surface area contributed by atoms with Gasteiger partial charge in [0.2, 0.25) is 0 Å². The van der Waals surface area contributed by atoms with Crippen LogP contribution < -0.4 is 10.6 Å². The van der Waals surface area contributed by atoms with Crippen LogP contribution in [0.3, 0.4) is 0 Å². The first-order valence-electron chi connectivity index (χ1n) is 9.03. The average Bonchev–Trinajstić information content (AvgIpc) is 2.61. The summed E-state index contributed by atoms with van der Waals surface area (Å²) in [6.45, 7) is 6.75. The monoisotopic (exact) mass is 422 g/mol. The standard InChI is InChI=1S/C21H24ClFN2O4/c1-5-28-18(26)12-25(20(27)29-21(2,3)4)15-8-6-13(7-9-15)16-10-14(22)11-17(23)19(16)24/h6-11H,5,12,24H2,1-4H3. The second kappa shape index (κ2) is 9.13. The van der Waals surface area contributed by atoms with Crippen molar-refractivity contribution in [3.8, 4) is 11.1 Å². The normalized spacial score (nSPS) is 11.1. The van der Waals surface area contributed by atoms with Crippen LogP contribution in [0, 0.1) is 5.82 Å². The van der Waals surface area contributed by atoms with E-state index in [1.807, 2.05) is 0 Å². The van der Waals surface area contributed by atoms with E-state index in [2.05, 4.69) is 0 Å². The Morgan fingerprint density at radius 1 is 1.17 bits per heavy atom. The number of halogens is 2. The van der Waals surface area contributed by atoms with Crippen LogP contribution >= 0.6 is 11.6 Å². The summed E-state index contributed by atoms with van der Waals surface area (Å²) < 4.78 is 24.2. The van der Waals surface area contributed by atoms with Crippen molar-refractivity contribution in [2.24, 2.45) is 0 Å². The highest BCUT2D eigenvalue weighted by molar-refractivity contribution is 6.31. The van der Waals surface area contributed by atoms with E-state index in [0.29, 0.717) is 16.8 Å². The highest BCUT2D eigenvalue weighted by Gasteiger charge is 2.26. The van der Waals surface area contributed by atoms with Gasteiger partial charge in [0.05, 0.1) is 12.3 Å². The number of amides is 1. The number of hydrogen-bond acceptors (Lipinski definition) is 5. The van der Waals surface area contributed by atoms with Crippen LogP contribution in [0.5, 0.6) is 0 Å². The summed E-state index contributed by atoms with van der Waals surface area (Å²) in [5.74, 6) is -1.18. The summed E-state index contributed by atoms with van der Waals surface area (Å²) in [6, 6.07) is 9.21. The van der Waals surface area contributed by atoms with Crippen molar-refractivity contribution < 1.29 is 23.5 Å². The molecule has 8 heteroatoms. The van der Waals surface area contributed by atoms with Crippen LogP contribution in [0.15, 0.2) is 36.4 Å². The van der Waals surface area contributed by atoms with Crippen molar-refractivity contribution in [3.05, 3.63) is 47.2 Å². The van der Waals surface area contributed by atoms with E-state index in [1.54, 1.807) is 58.0 Å². The maximum atomic E-state index is 13.9. The average molecular weight is 423 g/mol. The lowest BCUT2D eigenvalue weighted by Gasteiger charge is -2.27. The van der Waals surface area contributed by atoms with Crippen LogP contribution in [0.2, 0.25) is 5.02 Å². The van der Waals surface area contributed by atoms with Gasteiger partial charge in [-0.2, -0.15) is 0 Å². The molecule has 0 bridgehead atoms. The molecule has 0 saturated heterocycles. The lowest BCUT2D eigenvalue weighted by molar-refractivity contribution is -0.141. The van der Waals surface area contributed by atoms with Crippen molar-refractivity contribution in [2.75, 3.05) is 23.8 Å². The highest BCUT2D eigenvalue weighted by atomic mass is 35.5. The lowest BCUT2D eigenvalue weighted by atomic mass is 10.0. The van der Waals surface area contributed by atoms with E-state index in [1.165, 1.54) is 4.90 Å². The van der Waals surface area contributed by atoms with Gasteiger partial charge in [0, 0.05) is 16.3 Å². The quantitative estimate of drug-likeness (QED) is 0.539. The maximum absolute atomic E-state index is 13.9. The zero-order valence-corrected chi connectivity index (χ0v) is 17.5. The Kier molecular flexibility index (Phi) is 7.08. The first-order chi connectivity index (χ1) is 13.5. The smallest absolute Gasteiger partial charge is 0.415 e. The molecule has 0 saturated carbocycles. The Balaban J connectivity index is 2.37. The van der Waals surface area contributed by atoms with Gasteiger partial charge < -0.3 is 15.2 Å². The molecular formula is C21H24ClFN2O4. The molecule has 0 atom stereocenters. The van der Waals surface area contributed by atoms with Crippen molar-refractivity contribution in [3.63, 3.8) is 0 Å². The topological polar surface area (TPSA) is 81.9 Å². The Bertz CT molecular complexity index is 895. The summed E-state index contributed by atoms with van der Waals surface area (Å²) >= 11 is 5.93. The zero-order chi connectivity index (χ0) is 21.8. The third kappa shape index (κ3) is 6.09. The predicted octanol–water partition coefficient (Wildman–Crippen LogP) is 5.03. The predicted molar refractivity (Wildman–Crippen MR) is 111 cm³/mol. The Hall–Kier alpha value is -2.80. The largest absolute Gasteiger partial charge is 0.465 e. The number of nitrogen functional groups attached to an aromatic ring is 1. The summed E-state index contributed by atoms with van der Waals surface area (Å²) in [5.41, 5.74) is 6.49. The van der Waals surface area contributed by atoms with Crippen LogP contribution in [-0.2, 0) is 14.3 Å². The number of benzene rings is 2. The van der Waals surface area contributed by atoms with E-state index >= 15 is 0 Å². The fraction of sp³-hybridized carbons (Fsp3) is 0.333. The molecule has 0 radical (unpaired) electrons. The molecular weight excluding hydrogens is 399 g/mol. The minimum Gasteiger partial charge on any atom is -0.465 e. The second-order valence-electron chi connectivity index (χ2n) is 7.27. The summed E-state index contributed by atoms with van der Waals surface area (Å²) in [6.07, 6.45) is -0.688. The number of carbonyl (C=O) groups is 2. The van der Waals surface area contributed by atoms with Gasteiger partial charge in [-0.05, 0) is 57.5 Å². The molecule has 0 heterocycles. The lowest BCUT2D eigenvalue weighted by Crippen LogP contribution is -2.40. The van der Waals surface area contributed by atoms with E-state index in [0.717, 1.165) is 6.07 Å². The van der Waals surface area contributed by atoms with Gasteiger partial charge in [0.15, 0.2) is 0 Å². The van der Waals surface area contributed by atoms with Gasteiger partial charge in [0.25, 0.3) is 0 Å². The van der Waals surface area contributed by atoms with Gasteiger partial charge in [-0.3, -0.25) is 9.69 Å². The third-order valence-corrected chi connectivity index (χ3v) is 4.01. The van der Waals surface area contributed by atoms with Crippen molar-refractivity contribution in [1.82, 2.24) is 0 Å². The summed E-state index contributed by atoms with van der Waals surface area (Å²) in [5, 5.41) is 0.216. The minimum absolute atomic E-state index is 0.0299. The molecule has 0 aliphatic carbocycles. The van der Waals surface area contributed by atoms with E-state index in [9.17, 15) is 14.0 Å². The van der Waals surface area contributed by atoms with Gasteiger partial charge in [-0.25, -0.2) is 9.18 Å². The Morgan fingerprint density at radius 2 is 1.79 bits per heavy atom. The molecule has 2 aromatic rings. The number of esters is 1. The van der Waals surface area contributed by atoms with Crippen LogP contribution in [-0.4, -0.2) is 30.8 Å². The molecule has 156 valence electrons. The maximum Gasteiger partial charge on any atom is 0.415 e. The van der Waals surface area contributed by atoms with Crippen molar-refractivity contribution in [1.29, 1.82) is 0 Å². The number of nitrogens with two attached hydrogens (primary N) is 1. The number of hydrogen-bond donors (Lipinski definition) is 1. The molecule has 2 N–H and O–H groups in total. The first-order valence-corrected chi connectivity index (χ1v) is 9.40. The number of nitrogens with zero attached hydrogens (tertiary/aromatic N) is 1. The number of carbonyl (C=O) groups excluding carboxylic acids is 2. The zero-order valence-electron chi connectivity index (χ0n) is 16.8. The van der Waals surface area contributed by atoms with Crippen LogP contribution in [0.25, 0.3) is 11.1 Å². The fourth-order valence-corrected chi connectivity index (χ4v) is 2.76.